The number of hydrazine groups is 1. The number of hydrogen-bond donors (Lipinski definition) is 2. The molecule has 0 radical (unpaired) electrons. The average molecular weight is 409 g/mol. The maximum absolute atomic E-state index is 12.1. The number of carbonyl (C=O) groups is 2. The summed E-state index contributed by atoms with van der Waals surface area (Å²) < 4.78 is 28.4. The van der Waals surface area contributed by atoms with E-state index in [0.29, 0.717) is 17.9 Å². The molecular formula is C17H19N3O5S2. The van der Waals surface area contributed by atoms with Crippen molar-refractivity contribution in [2.45, 2.75) is 20.0 Å². The summed E-state index contributed by atoms with van der Waals surface area (Å²) in [5.74, 6) is -1.20. The van der Waals surface area contributed by atoms with Crippen LogP contribution in [0.4, 0.5) is 0 Å². The van der Waals surface area contributed by atoms with E-state index < -0.39 is 27.6 Å². The molecule has 0 bridgehead atoms. The van der Waals surface area contributed by atoms with Gasteiger partial charge in [0.25, 0.3) is 5.91 Å². The molecule has 1 aromatic carbocycles. The van der Waals surface area contributed by atoms with Crippen molar-refractivity contribution in [2.75, 3.05) is 11.5 Å². The van der Waals surface area contributed by atoms with Gasteiger partial charge in [0.2, 0.25) is 5.91 Å². The lowest BCUT2D eigenvalue weighted by molar-refractivity contribution is -0.125. The van der Waals surface area contributed by atoms with Gasteiger partial charge < -0.3 is 4.74 Å². The zero-order valence-corrected chi connectivity index (χ0v) is 16.2. The molecule has 1 atom stereocenters. The lowest BCUT2D eigenvalue weighted by Crippen LogP contribution is -2.44. The SMILES string of the molecule is Cc1nc(COc2ccc(C(=O)NNC(=O)[C@H]3CCS(=O)(=O)C3)cc2)cs1. The quantitative estimate of drug-likeness (QED) is 0.718. The Balaban J connectivity index is 1.48. The molecule has 10 heteroatoms. The fourth-order valence-electron chi connectivity index (χ4n) is 2.63. The number of thiazole rings is 1. The summed E-state index contributed by atoms with van der Waals surface area (Å²) in [6.45, 7) is 2.27. The average Bonchev–Trinajstić information content (AvgIpc) is 3.23. The monoisotopic (exact) mass is 409 g/mol. The second-order valence-electron chi connectivity index (χ2n) is 6.21. The molecule has 0 spiro atoms. The van der Waals surface area contributed by atoms with E-state index in [0.717, 1.165) is 10.7 Å². The predicted octanol–water partition coefficient (Wildman–Crippen LogP) is 1.23. The van der Waals surface area contributed by atoms with Crippen LogP contribution in [0.2, 0.25) is 0 Å². The number of rotatable bonds is 5. The standard InChI is InChI=1S/C17H19N3O5S2/c1-11-18-14(9-26-11)8-25-15-4-2-12(3-5-15)16(21)19-20-17(22)13-6-7-27(23,24)10-13/h2-5,9,13H,6-8,10H2,1H3,(H,19,21)(H,20,22)/t13-/m0/s1. The predicted molar refractivity (Wildman–Crippen MR) is 100.0 cm³/mol. The molecule has 3 rings (SSSR count). The lowest BCUT2D eigenvalue weighted by Gasteiger charge is -2.11. The fourth-order valence-corrected chi connectivity index (χ4v) is 4.97. The molecule has 1 aromatic heterocycles. The van der Waals surface area contributed by atoms with Crippen molar-refractivity contribution in [3.8, 4) is 5.75 Å². The van der Waals surface area contributed by atoms with Gasteiger partial charge in [-0.2, -0.15) is 0 Å². The molecule has 2 heterocycles. The van der Waals surface area contributed by atoms with Gasteiger partial charge >= 0.3 is 0 Å². The maximum atomic E-state index is 12.1. The number of aryl methyl sites for hydroxylation is 1. The molecule has 1 fully saturated rings. The highest BCUT2D eigenvalue weighted by atomic mass is 32.2. The lowest BCUT2D eigenvalue weighted by atomic mass is 10.1. The van der Waals surface area contributed by atoms with Crippen molar-refractivity contribution >= 4 is 33.0 Å². The van der Waals surface area contributed by atoms with Crippen LogP contribution in [-0.4, -0.2) is 36.7 Å². The van der Waals surface area contributed by atoms with E-state index in [2.05, 4.69) is 15.8 Å². The fraction of sp³-hybridized carbons (Fsp3) is 0.353. The minimum atomic E-state index is -3.15. The van der Waals surface area contributed by atoms with E-state index >= 15 is 0 Å². The van der Waals surface area contributed by atoms with E-state index in [1.807, 2.05) is 12.3 Å². The first-order valence-electron chi connectivity index (χ1n) is 8.27. The zero-order valence-electron chi connectivity index (χ0n) is 14.6. The zero-order chi connectivity index (χ0) is 19.4. The summed E-state index contributed by atoms with van der Waals surface area (Å²) in [5, 5.41) is 2.90. The highest BCUT2D eigenvalue weighted by molar-refractivity contribution is 7.91. The number of sulfone groups is 1. The number of nitrogens with one attached hydrogen (secondary N) is 2. The van der Waals surface area contributed by atoms with Crippen molar-refractivity contribution in [3.05, 3.63) is 45.9 Å². The second-order valence-corrected chi connectivity index (χ2v) is 9.51. The van der Waals surface area contributed by atoms with Crippen LogP contribution in [0, 0.1) is 12.8 Å². The van der Waals surface area contributed by atoms with Crippen molar-refractivity contribution in [3.63, 3.8) is 0 Å². The number of ether oxygens (including phenoxy) is 1. The molecule has 0 unspecified atom stereocenters. The minimum absolute atomic E-state index is 0.000958. The molecule has 1 aliphatic rings. The van der Waals surface area contributed by atoms with E-state index in [1.165, 1.54) is 0 Å². The minimum Gasteiger partial charge on any atom is -0.487 e. The molecule has 2 N–H and O–H groups in total. The van der Waals surface area contributed by atoms with Crippen molar-refractivity contribution < 1.29 is 22.7 Å². The van der Waals surface area contributed by atoms with Gasteiger partial charge in [0, 0.05) is 10.9 Å². The Morgan fingerprint density at radius 3 is 2.59 bits per heavy atom. The molecule has 0 saturated carbocycles. The van der Waals surface area contributed by atoms with E-state index in [-0.39, 0.29) is 17.9 Å². The Bertz CT molecular complexity index is 938. The third-order valence-electron chi connectivity index (χ3n) is 4.07. The van der Waals surface area contributed by atoms with Crippen LogP contribution < -0.4 is 15.6 Å². The Hall–Kier alpha value is -2.46. The third-order valence-corrected chi connectivity index (χ3v) is 6.66. The summed E-state index contributed by atoms with van der Waals surface area (Å²) in [4.78, 5) is 28.3. The number of amides is 2. The largest absolute Gasteiger partial charge is 0.487 e. The number of hydrogen-bond acceptors (Lipinski definition) is 7. The molecule has 0 aliphatic carbocycles. The number of aromatic nitrogens is 1. The highest BCUT2D eigenvalue weighted by Crippen LogP contribution is 2.18. The molecule has 2 amide bonds. The first kappa shape index (κ1) is 19.3. The summed E-state index contributed by atoms with van der Waals surface area (Å²) in [7, 11) is -3.15. The Kier molecular flexibility index (Phi) is 5.76. The Morgan fingerprint density at radius 1 is 1.26 bits per heavy atom. The van der Waals surface area contributed by atoms with Crippen LogP contribution in [0.15, 0.2) is 29.6 Å². The first-order valence-corrected chi connectivity index (χ1v) is 11.0. The Labute approximate surface area is 160 Å². The van der Waals surface area contributed by atoms with Gasteiger partial charge in [0.15, 0.2) is 9.84 Å². The van der Waals surface area contributed by atoms with Gasteiger partial charge in [0.1, 0.15) is 12.4 Å². The first-order chi connectivity index (χ1) is 12.8. The summed E-state index contributed by atoms with van der Waals surface area (Å²) in [6.07, 6.45) is 0.272. The highest BCUT2D eigenvalue weighted by Gasteiger charge is 2.33. The molecule has 8 nitrogen and oxygen atoms in total. The van der Waals surface area contributed by atoms with E-state index in [9.17, 15) is 18.0 Å². The maximum Gasteiger partial charge on any atom is 0.269 e. The van der Waals surface area contributed by atoms with Crippen LogP contribution in [0.1, 0.15) is 27.5 Å². The van der Waals surface area contributed by atoms with Gasteiger partial charge in [-0.3, -0.25) is 20.4 Å². The van der Waals surface area contributed by atoms with Crippen LogP contribution >= 0.6 is 11.3 Å². The van der Waals surface area contributed by atoms with Gasteiger partial charge in [-0.05, 0) is 37.6 Å². The third kappa shape index (κ3) is 5.27. The molecule has 144 valence electrons. The van der Waals surface area contributed by atoms with Gasteiger partial charge in [0.05, 0.1) is 28.1 Å². The van der Waals surface area contributed by atoms with Gasteiger partial charge in [-0.15, -0.1) is 11.3 Å². The van der Waals surface area contributed by atoms with Crippen molar-refractivity contribution in [1.29, 1.82) is 0 Å². The molecule has 1 aliphatic heterocycles. The van der Waals surface area contributed by atoms with Crippen LogP contribution in [0.25, 0.3) is 0 Å². The molecular weight excluding hydrogens is 390 g/mol. The molecule has 27 heavy (non-hydrogen) atoms. The smallest absolute Gasteiger partial charge is 0.269 e. The van der Waals surface area contributed by atoms with E-state index in [1.54, 1.807) is 35.6 Å². The Morgan fingerprint density at radius 2 is 2.00 bits per heavy atom. The molecule has 1 saturated heterocycles. The summed E-state index contributed by atoms with van der Waals surface area (Å²) >= 11 is 1.55. The van der Waals surface area contributed by atoms with Crippen molar-refractivity contribution in [2.24, 2.45) is 5.92 Å². The number of benzene rings is 1. The van der Waals surface area contributed by atoms with E-state index in [4.69, 9.17) is 4.74 Å². The topological polar surface area (TPSA) is 114 Å². The van der Waals surface area contributed by atoms with Crippen LogP contribution in [0.5, 0.6) is 5.75 Å². The number of carbonyl (C=O) groups excluding carboxylic acids is 2. The van der Waals surface area contributed by atoms with Gasteiger partial charge in [-0.1, -0.05) is 0 Å². The summed E-state index contributed by atoms with van der Waals surface area (Å²) in [5.41, 5.74) is 5.77. The second kappa shape index (κ2) is 8.05. The summed E-state index contributed by atoms with van der Waals surface area (Å²) in [6, 6.07) is 6.45. The van der Waals surface area contributed by atoms with Crippen LogP contribution in [0.3, 0.4) is 0 Å². The van der Waals surface area contributed by atoms with Crippen molar-refractivity contribution in [1.82, 2.24) is 15.8 Å². The number of nitrogens with zero attached hydrogens (tertiary/aromatic N) is 1. The van der Waals surface area contributed by atoms with Gasteiger partial charge in [-0.25, -0.2) is 13.4 Å². The molecule has 2 aromatic rings. The normalized spacial score (nSPS) is 18.0. The van der Waals surface area contributed by atoms with Crippen LogP contribution in [-0.2, 0) is 21.2 Å².